The zero-order chi connectivity index (χ0) is 16.4. The number of furan rings is 2. The summed E-state index contributed by atoms with van der Waals surface area (Å²) in [4.78, 5) is 0. The second-order valence-electron chi connectivity index (χ2n) is 5.42. The van der Waals surface area contributed by atoms with Gasteiger partial charge in [-0.25, -0.2) is 0 Å². The molecule has 4 aromatic rings. The summed E-state index contributed by atoms with van der Waals surface area (Å²) in [6.07, 6.45) is 3.40. The minimum atomic E-state index is 0.799. The Hall–Kier alpha value is -3.20. The third-order valence-electron chi connectivity index (χ3n) is 4.01. The van der Waals surface area contributed by atoms with Crippen molar-refractivity contribution in [2.75, 3.05) is 7.11 Å². The fourth-order valence-electron chi connectivity index (χ4n) is 2.82. The summed E-state index contributed by atoms with van der Waals surface area (Å²) in [6, 6.07) is 21.9. The molecule has 0 aliphatic rings. The maximum Gasteiger partial charge on any atom is 0.145 e. The fourth-order valence-corrected chi connectivity index (χ4v) is 2.82. The first-order chi connectivity index (χ1) is 11.9. The summed E-state index contributed by atoms with van der Waals surface area (Å²) in [6.45, 7) is 0. The maximum absolute atomic E-state index is 5.79. The van der Waals surface area contributed by atoms with Gasteiger partial charge in [-0.1, -0.05) is 42.5 Å². The maximum atomic E-state index is 5.79. The average molecular weight is 316 g/mol. The van der Waals surface area contributed by atoms with E-state index in [1.165, 1.54) is 0 Å². The van der Waals surface area contributed by atoms with E-state index in [0.717, 1.165) is 39.5 Å². The molecule has 0 bridgehead atoms. The van der Waals surface area contributed by atoms with Crippen LogP contribution in [0.5, 0.6) is 5.75 Å². The van der Waals surface area contributed by atoms with E-state index in [4.69, 9.17) is 13.6 Å². The first-order valence-electron chi connectivity index (χ1n) is 7.72. The van der Waals surface area contributed by atoms with Crippen molar-refractivity contribution in [1.29, 1.82) is 0 Å². The van der Waals surface area contributed by atoms with Crippen LogP contribution in [0.1, 0.15) is 0 Å². The molecule has 2 aromatic heterocycles. The third-order valence-corrected chi connectivity index (χ3v) is 4.01. The lowest BCUT2D eigenvalue weighted by Gasteiger charge is -2.05. The molecule has 0 saturated carbocycles. The van der Waals surface area contributed by atoms with Crippen LogP contribution in [0.2, 0.25) is 0 Å². The van der Waals surface area contributed by atoms with Gasteiger partial charge in [0, 0.05) is 11.1 Å². The van der Waals surface area contributed by atoms with Crippen molar-refractivity contribution in [2.45, 2.75) is 0 Å². The Morgan fingerprint density at radius 1 is 0.625 bits per heavy atom. The van der Waals surface area contributed by atoms with Crippen LogP contribution in [0.25, 0.3) is 33.8 Å². The molecule has 0 aliphatic carbocycles. The van der Waals surface area contributed by atoms with E-state index in [1.807, 2.05) is 66.7 Å². The molecule has 0 fully saturated rings. The molecule has 2 aromatic carbocycles. The lowest BCUT2D eigenvalue weighted by Crippen LogP contribution is -1.84. The smallest absolute Gasteiger partial charge is 0.145 e. The van der Waals surface area contributed by atoms with Crippen LogP contribution < -0.4 is 4.74 Å². The zero-order valence-corrected chi connectivity index (χ0v) is 13.2. The predicted molar refractivity (Wildman–Crippen MR) is 93.8 cm³/mol. The minimum absolute atomic E-state index is 0.799. The van der Waals surface area contributed by atoms with E-state index in [-0.39, 0.29) is 0 Å². The predicted octanol–water partition coefficient (Wildman–Crippen LogP) is 5.88. The lowest BCUT2D eigenvalue weighted by atomic mass is 10.0. The van der Waals surface area contributed by atoms with Crippen LogP contribution in [0.3, 0.4) is 0 Å². The molecular formula is C21H16O3. The van der Waals surface area contributed by atoms with E-state index in [1.54, 1.807) is 19.6 Å². The van der Waals surface area contributed by atoms with Gasteiger partial charge >= 0.3 is 0 Å². The summed E-state index contributed by atoms with van der Waals surface area (Å²) in [5, 5.41) is 0. The van der Waals surface area contributed by atoms with Crippen LogP contribution in [-0.2, 0) is 0 Å². The van der Waals surface area contributed by atoms with Gasteiger partial charge < -0.3 is 13.6 Å². The highest BCUT2D eigenvalue weighted by Crippen LogP contribution is 2.39. The largest absolute Gasteiger partial charge is 0.497 e. The SMILES string of the molecule is COc1ccc(-c2ccoc2-c2ccoc2-c2ccccc2)cc1. The van der Waals surface area contributed by atoms with Gasteiger partial charge in [-0.2, -0.15) is 0 Å². The van der Waals surface area contributed by atoms with Crippen molar-refractivity contribution in [2.24, 2.45) is 0 Å². The van der Waals surface area contributed by atoms with Crippen molar-refractivity contribution in [1.82, 2.24) is 0 Å². The van der Waals surface area contributed by atoms with E-state index < -0.39 is 0 Å². The molecule has 0 saturated heterocycles. The molecule has 0 radical (unpaired) electrons. The van der Waals surface area contributed by atoms with Gasteiger partial charge in [0.1, 0.15) is 17.3 Å². The van der Waals surface area contributed by atoms with Crippen LogP contribution in [-0.4, -0.2) is 7.11 Å². The molecule has 0 spiro atoms. The molecule has 0 N–H and O–H groups in total. The first kappa shape index (κ1) is 14.4. The molecule has 0 amide bonds. The summed E-state index contributed by atoms with van der Waals surface area (Å²) in [5.74, 6) is 2.44. The van der Waals surface area contributed by atoms with Gasteiger partial charge in [0.25, 0.3) is 0 Å². The highest BCUT2D eigenvalue weighted by molar-refractivity contribution is 5.86. The number of ether oxygens (including phenoxy) is 1. The monoisotopic (exact) mass is 316 g/mol. The molecule has 0 aliphatic heterocycles. The van der Waals surface area contributed by atoms with Gasteiger partial charge in [0.15, 0.2) is 0 Å². The number of hydrogen-bond acceptors (Lipinski definition) is 3. The summed E-state index contributed by atoms with van der Waals surface area (Å²) in [7, 11) is 1.66. The topological polar surface area (TPSA) is 35.5 Å². The van der Waals surface area contributed by atoms with Gasteiger partial charge in [-0.15, -0.1) is 0 Å². The Kier molecular flexibility index (Phi) is 3.67. The third kappa shape index (κ3) is 2.50. The second-order valence-corrected chi connectivity index (χ2v) is 5.42. The van der Waals surface area contributed by atoms with Crippen molar-refractivity contribution in [3.05, 3.63) is 79.3 Å². The number of benzene rings is 2. The van der Waals surface area contributed by atoms with Crippen LogP contribution in [0.15, 0.2) is 88.1 Å². The molecule has 2 heterocycles. The second kappa shape index (κ2) is 6.13. The van der Waals surface area contributed by atoms with Crippen LogP contribution in [0, 0.1) is 0 Å². The first-order valence-corrected chi connectivity index (χ1v) is 7.72. The summed E-state index contributed by atoms with van der Waals surface area (Å²) < 4.78 is 16.7. The molecule has 118 valence electrons. The van der Waals surface area contributed by atoms with E-state index in [2.05, 4.69) is 0 Å². The van der Waals surface area contributed by atoms with Crippen molar-refractivity contribution >= 4 is 0 Å². The molecule has 3 heteroatoms. The van der Waals surface area contributed by atoms with Gasteiger partial charge in [0.2, 0.25) is 0 Å². The summed E-state index contributed by atoms with van der Waals surface area (Å²) >= 11 is 0. The number of methoxy groups -OCH3 is 1. The van der Waals surface area contributed by atoms with Gasteiger partial charge in [-0.3, -0.25) is 0 Å². The Morgan fingerprint density at radius 2 is 1.29 bits per heavy atom. The molecule has 3 nitrogen and oxygen atoms in total. The number of hydrogen-bond donors (Lipinski definition) is 0. The molecule has 4 rings (SSSR count). The van der Waals surface area contributed by atoms with Crippen molar-refractivity contribution < 1.29 is 13.6 Å². The van der Waals surface area contributed by atoms with E-state index in [9.17, 15) is 0 Å². The van der Waals surface area contributed by atoms with Crippen LogP contribution >= 0.6 is 0 Å². The lowest BCUT2D eigenvalue weighted by molar-refractivity contribution is 0.415. The molecular weight excluding hydrogens is 300 g/mol. The number of rotatable bonds is 4. The zero-order valence-electron chi connectivity index (χ0n) is 13.2. The Bertz CT molecular complexity index is 931. The van der Waals surface area contributed by atoms with Crippen LogP contribution in [0.4, 0.5) is 0 Å². The Morgan fingerprint density at radius 3 is 2.00 bits per heavy atom. The fraction of sp³-hybridized carbons (Fsp3) is 0.0476. The quantitative estimate of drug-likeness (QED) is 0.471. The molecule has 24 heavy (non-hydrogen) atoms. The Labute approximate surface area is 140 Å². The normalized spacial score (nSPS) is 10.7. The molecule has 0 unspecified atom stereocenters. The summed E-state index contributed by atoms with van der Waals surface area (Å²) in [5.41, 5.74) is 4.06. The van der Waals surface area contributed by atoms with E-state index >= 15 is 0 Å². The highest BCUT2D eigenvalue weighted by atomic mass is 16.5. The van der Waals surface area contributed by atoms with Crippen molar-refractivity contribution in [3.8, 4) is 39.5 Å². The van der Waals surface area contributed by atoms with Crippen molar-refractivity contribution in [3.63, 3.8) is 0 Å². The average Bonchev–Trinajstić information content (AvgIpc) is 3.31. The minimum Gasteiger partial charge on any atom is -0.497 e. The molecule has 0 atom stereocenters. The van der Waals surface area contributed by atoms with E-state index in [0.29, 0.717) is 0 Å². The highest BCUT2D eigenvalue weighted by Gasteiger charge is 2.18. The van der Waals surface area contributed by atoms with Gasteiger partial charge in [0.05, 0.1) is 25.2 Å². The van der Waals surface area contributed by atoms with Gasteiger partial charge in [-0.05, 0) is 29.8 Å². The Balaban J connectivity index is 1.80. The standard InChI is InChI=1S/C21H16O3/c1-22-17-9-7-15(8-10-17)18-11-13-24-21(18)19-12-14-23-20(19)16-5-3-2-4-6-16/h2-14H,1H3.